The molecule has 0 amide bonds. The van der Waals surface area contributed by atoms with Gasteiger partial charge >= 0.3 is 29.2 Å². The second-order valence-corrected chi connectivity index (χ2v) is 10.4. The van der Waals surface area contributed by atoms with Gasteiger partial charge in [0.15, 0.2) is 5.60 Å². The maximum absolute atomic E-state index is 13.8. The van der Waals surface area contributed by atoms with E-state index in [1.54, 1.807) is 0 Å². The van der Waals surface area contributed by atoms with Crippen LogP contribution in [-0.4, -0.2) is 65.9 Å². The molecular formula is C11H19F2N2O14P3. The summed E-state index contributed by atoms with van der Waals surface area (Å²) in [5.74, 6) is 0. The molecule has 1 heterocycles. The van der Waals surface area contributed by atoms with E-state index < -0.39 is 72.6 Å². The Balaban J connectivity index is 3.12. The molecule has 0 saturated heterocycles. The van der Waals surface area contributed by atoms with E-state index in [-0.39, 0.29) is 0 Å². The maximum Gasteiger partial charge on any atom is 0.490 e. The normalized spacial score (nSPS) is 20.0. The lowest BCUT2D eigenvalue weighted by molar-refractivity contribution is -0.200. The molecule has 1 aromatic heterocycles. The van der Waals surface area contributed by atoms with E-state index in [1.807, 2.05) is 4.98 Å². The average Bonchev–Trinajstić information content (AvgIpc) is 2.61. The summed E-state index contributed by atoms with van der Waals surface area (Å²) in [5, 5.41) is 9.85. The molecule has 0 aliphatic heterocycles. The van der Waals surface area contributed by atoms with Crippen LogP contribution in [0.5, 0.6) is 0 Å². The van der Waals surface area contributed by atoms with Crippen LogP contribution in [0.3, 0.4) is 0 Å². The molecule has 5 atom stereocenters. The second-order valence-electron chi connectivity index (χ2n) is 5.97. The number of alkyl halides is 2. The van der Waals surface area contributed by atoms with E-state index in [0.717, 1.165) is 19.2 Å². The van der Waals surface area contributed by atoms with Gasteiger partial charge in [-0.05, 0) is 6.92 Å². The molecule has 21 heteroatoms. The summed E-state index contributed by atoms with van der Waals surface area (Å²) in [6.07, 6.45) is -3.03. The van der Waals surface area contributed by atoms with Crippen molar-refractivity contribution in [2.45, 2.75) is 24.9 Å². The van der Waals surface area contributed by atoms with E-state index in [4.69, 9.17) is 19.4 Å². The zero-order chi connectivity index (χ0) is 25.0. The molecule has 186 valence electrons. The van der Waals surface area contributed by atoms with Gasteiger partial charge in [-0.3, -0.25) is 18.9 Å². The number of rotatable bonds is 13. The van der Waals surface area contributed by atoms with Gasteiger partial charge in [0, 0.05) is 12.3 Å². The van der Waals surface area contributed by atoms with Crippen LogP contribution in [0.15, 0.2) is 21.9 Å². The number of halogens is 2. The van der Waals surface area contributed by atoms with E-state index in [2.05, 4.69) is 13.1 Å². The average molecular weight is 534 g/mol. The van der Waals surface area contributed by atoms with Gasteiger partial charge in [0.2, 0.25) is 0 Å². The lowest BCUT2D eigenvalue weighted by Crippen LogP contribution is -2.53. The van der Waals surface area contributed by atoms with Crippen molar-refractivity contribution in [2.24, 2.45) is 0 Å². The topological polar surface area (TPSA) is 244 Å². The quantitative estimate of drug-likeness (QED) is 0.174. The lowest BCUT2D eigenvalue weighted by Gasteiger charge is -2.36. The highest BCUT2D eigenvalue weighted by Gasteiger charge is 2.46. The molecule has 6 N–H and O–H groups in total. The molecule has 2 unspecified atom stereocenters. The molecule has 0 aliphatic rings. The summed E-state index contributed by atoms with van der Waals surface area (Å²) in [7, 11) is -17.3. The molecule has 0 fully saturated rings. The first-order chi connectivity index (χ1) is 14.5. The zero-order valence-corrected chi connectivity index (χ0v) is 18.6. The van der Waals surface area contributed by atoms with Crippen molar-refractivity contribution in [3.63, 3.8) is 0 Å². The van der Waals surface area contributed by atoms with Crippen LogP contribution in [-0.2, 0) is 31.6 Å². The Hall–Kier alpha value is -1.13. The molecule has 1 aromatic rings. The van der Waals surface area contributed by atoms with Gasteiger partial charge in [0.25, 0.3) is 5.56 Å². The Labute approximate surface area is 176 Å². The van der Waals surface area contributed by atoms with Crippen LogP contribution in [0.25, 0.3) is 0 Å². The van der Waals surface area contributed by atoms with Crippen LogP contribution in [0.1, 0.15) is 13.2 Å². The summed E-state index contributed by atoms with van der Waals surface area (Å²) in [5.41, 5.74) is -4.67. The summed E-state index contributed by atoms with van der Waals surface area (Å²) < 4.78 is 77.6. The predicted octanol–water partition coefficient (Wildman–Crippen LogP) is -0.546. The second kappa shape index (κ2) is 10.9. The van der Waals surface area contributed by atoms with Crippen LogP contribution >= 0.6 is 23.5 Å². The molecule has 0 bridgehead atoms. The van der Waals surface area contributed by atoms with E-state index in [1.165, 1.54) is 0 Å². The number of aliphatic hydroxyl groups excluding tert-OH is 1. The van der Waals surface area contributed by atoms with Crippen LogP contribution in [0, 0.1) is 0 Å². The third-order valence-electron chi connectivity index (χ3n) is 3.52. The minimum absolute atomic E-state index is 0.668. The van der Waals surface area contributed by atoms with Crippen molar-refractivity contribution in [3.8, 4) is 0 Å². The first kappa shape index (κ1) is 28.9. The van der Waals surface area contributed by atoms with Crippen molar-refractivity contribution in [1.82, 2.24) is 9.55 Å². The number of ether oxygens (including phenoxy) is 1. The van der Waals surface area contributed by atoms with Crippen molar-refractivity contribution in [1.29, 1.82) is 0 Å². The number of phosphoric acid groups is 3. The number of H-pyrrole nitrogens is 1. The monoisotopic (exact) mass is 534 g/mol. The highest BCUT2D eigenvalue weighted by atomic mass is 31.3. The SMILES string of the molecule is C[C@@H](O[C@](CF)(COP(=O)(O)OP(=O)(O)OP(=O)(O)O)[C@@H](O)CF)n1ccc(=O)[nH]c1=O. The number of aromatic nitrogens is 2. The van der Waals surface area contributed by atoms with Gasteiger partial charge in [0.05, 0.1) is 6.61 Å². The summed E-state index contributed by atoms with van der Waals surface area (Å²) in [6, 6.07) is 0.871. The molecule has 1 rings (SSSR count). The number of aromatic amines is 1. The molecule has 0 aliphatic carbocycles. The fourth-order valence-electron chi connectivity index (χ4n) is 2.11. The lowest BCUT2D eigenvalue weighted by atomic mass is 10.00. The number of hydrogen-bond donors (Lipinski definition) is 6. The maximum atomic E-state index is 13.8. The van der Waals surface area contributed by atoms with E-state index in [0.29, 0.717) is 4.57 Å². The highest BCUT2D eigenvalue weighted by Crippen LogP contribution is 2.66. The zero-order valence-electron chi connectivity index (χ0n) is 15.9. The fourth-order valence-corrected chi connectivity index (χ4v) is 5.19. The summed E-state index contributed by atoms with van der Waals surface area (Å²) in [4.78, 5) is 60.3. The van der Waals surface area contributed by atoms with Crippen molar-refractivity contribution in [3.05, 3.63) is 33.1 Å². The van der Waals surface area contributed by atoms with Crippen LogP contribution in [0.2, 0.25) is 0 Å². The first-order valence-electron chi connectivity index (χ1n) is 8.03. The molecule has 0 saturated carbocycles. The third-order valence-corrected chi connectivity index (χ3v) is 7.30. The predicted molar refractivity (Wildman–Crippen MR) is 97.6 cm³/mol. The van der Waals surface area contributed by atoms with Crippen LogP contribution in [0.4, 0.5) is 8.78 Å². The first-order valence-corrected chi connectivity index (χ1v) is 12.6. The number of nitrogens with one attached hydrogen (secondary N) is 1. The number of nitrogens with zero attached hydrogens (tertiary/aromatic N) is 1. The number of hydrogen-bond acceptors (Lipinski definition) is 10. The largest absolute Gasteiger partial charge is 0.490 e. The van der Waals surface area contributed by atoms with Gasteiger partial charge in [-0.15, -0.1) is 0 Å². The Morgan fingerprint density at radius 3 is 2.19 bits per heavy atom. The standard InChI is InChI=1S/C11H19F2N2O14P3/c1-7(15-3-2-9(17)14-10(15)18)27-11(5-13,8(16)4-12)6-26-31(22,23)29-32(24,25)28-30(19,20)21/h2-3,7-8,16H,4-6H2,1H3,(H,22,23)(H,24,25)(H,14,17,18)(H2,19,20,21)/t7-,8+,11-/m1/s1. The van der Waals surface area contributed by atoms with Gasteiger partial charge in [-0.25, -0.2) is 27.3 Å². The molecular weight excluding hydrogens is 515 g/mol. The highest BCUT2D eigenvalue weighted by molar-refractivity contribution is 7.66. The number of aliphatic hydroxyl groups is 1. The molecule has 0 aromatic carbocycles. The minimum atomic E-state index is -5.89. The van der Waals surface area contributed by atoms with Gasteiger partial charge < -0.3 is 29.4 Å². The summed E-state index contributed by atoms with van der Waals surface area (Å²) >= 11 is 0. The third kappa shape index (κ3) is 8.67. The van der Waals surface area contributed by atoms with Gasteiger partial charge in [0.1, 0.15) is 25.7 Å². The molecule has 16 nitrogen and oxygen atoms in total. The molecule has 0 radical (unpaired) electrons. The van der Waals surface area contributed by atoms with E-state index in [9.17, 15) is 42.1 Å². The van der Waals surface area contributed by atoms with Gasteiger partial charge in [-0.2, -0.15) is 8.62 Å². The Bertz CT molecular complexity index is 1040. The molecule has 32 heavy (non-hydrogen) atoms. The minimum Gasteiger partial charge on any atom is -0.387 e. The Kier molecular flexibility index (Phi) is 9.81. The van der Waals surface area contributed by atoms with Crippen LogP contribution < -0.4 is 11.2 Å². The van der Waals surface area contributed by atoms with Crippen molar-refractivity contribution < 1.29 is 65.0 Å². The summed E-state index contributed by atoms with van der Waals surface area (Å²) in [6.45, 7) is -3.96. The Morgan fingerprint density at radius 1 is 1.12 bits per heavy atom. The molecule has 0 spiro atoms. The van der Waals surface area contributed by atoms with Gasteiger partial charge in [-0.1, -0.05) is 0 Å². The van der Waals surface area contributed by atoms with Crippen molar-refractivity contribution >= 4 is 23.5 Å². The van der Waals surface area contributed by atoms with Crippen molar-refractivity contribution in [2.75, 3.05) is 20.0 Å². The fraction of sp³-hybridized carbons (Fsp3) is 0.636. The smallest absolute Gasteiger partial charge is 0.387 e. The van der Waals surface area contributed by atoms with E-state index >= 15 is 0 Å². The number of phosphoric ester groups is 1. The Morgan fingerprint density at radius 2 is 1.72 bits per heavy atom.